The molecule has 148 valence electrons. The summed E-state index contributed by atoms with van der Waals surface area (Å²) in [5.74, 6) is -0.191. The molecule has 0 saturated carbocycles. The van der Waals surface area contributed by atoms with Crippen LogP contribution in [0.3, 0.4) is 0 Å². The topological polar surface area (TPSA) is 52.7 Å². The van der Waals surface area contributed by atoms with Crippen molar-refractivity contribution in [2.75, 3.05) is 25.5 Å². The number of benzene rings is 2. The van der Waals surface area contributed by atoms with Gasteiger partial charge in [-0.15, -0.1) is 0 Å². The van der Waals surface area contributed by atoms with Crippen molar-refractivity contribution in [1.82, 2.24) is 9.80 Å². The Bertz CT molecular complexity index is 888. The second-order valence-electron chi connectivity index (χ2n) is 7.05. The Hall–Kier alpha value is -2.08. The molecule has 1 aliphatic rings. The molecule has 0 aliphatic carbocycles. The number of fused-ring (bicyclic) bond motifs is 1. The van der Waals surface area contributed by atoms with Gasteiger partial charge in [-0.3, -0.25) is 14.5 Å². The van der Waals surface area contributed by atoms with E-state index in [2.05, 4.69) is 17.4 Å². The van der Waals surface area contributed by atoms with Crippen molar-refractivity contribution in [1.29, 1.82) is 0 Å². The summed E-state index contributed by atoms with van der Waals surface area (Å²) >= 11 is 11.9. The Balaban J connectivity index is 1.56. The molecule has 3 rings (SSSR count). The molecular weight excluding hydrogens is 397 g/mol. The summed E-state index contributed by atoms with van der Waals surface area (Å²) < 4.78 is 0. The molecule has 2 amide bonds. The standard InChI is InChI=1S/C21H23Cl2N3O2/c1-14(21(28)26-10-9-15-5-3-4-6-16(15)12-26)25(2)13-20(27)24-17-7-8-18(22)19(23)11-17/h3-8,11,14H,9-10,12-13H2,1-2H3,(H,24,27). The predicted molar refractivity (Wildman–Crippen MR) is 113 cm³/mol. The minimum atomic E-state index is -0.398. The third-order valence-electron chi connectivity index (χ3n) is 5.06. The highest BCUT2D eigenvalue weighted by molar-refractivity contribution is 6.42. The van der Waals surface area contributed by atoms with Crippen molar-refractivity contribution in [2.24, 2.45) is 0 Å². The van der Waals surface area contributed by atoms with E-state index in [0.29, 0.717) is 28.8 Å². The summed E-state index contributed by atoms with van der Waals surface area (Å²) in [6.45, 7) is 3.24. The average molecular weight is 420 g/mol. The molecule has 1 heterocycles. The Morgan fingerprint density at radius 2 is 1.86 bits per heavy atom. The molecule has 0 bridgehead atoms. The first-order valence-corrected chi connectivity index (χ1v) is 9.91. The van der Waals surface area contributed by atoms with Gasteiger partial charge in [-0.05, 0) is 49.7 Å². The highest BCUT2D eigenvalue weighted by Crippen LogP contribution is 2.25. The van der Waals surface area contributed by atoms with Gasteiger partial charge in [0.1, 0.15) is 0 Å². The normalized spacial score (nSPS) is 14.5. The number of nitrogens with zero attached hydrogens (tertiary/aromatic N) is 2. The van der Waals surface area contributed by atoms with Crippen molar-refractivity contribution in [3.63, 3.8) is 0 Å². The van der Waals surface area contributed by atoms with Gasteiger partial charge in [0.05, 0.1) is 22.6 Å². The summed E-state index contributed by atoms with van der Waals surface area (Å²) in [4.78, 5) is 28.8. The maximum Gasteiger partial charge on any atom is 0.239 e. The molecule has 0 saturated heterocycles. The van der Waals surface area contributed by atoms with Gasteiger partial charge in [-0.25, -0.2) is 0 Å². The third kappa shape index (κ3) is 4.85. The number of nitrogens with one attached hydrogen (secondary N) is 1. The molecule has 0 spiro atoms. The number of halogens is 2. The summed E-state index contributed by atoms with van der Waals surface area (Å²) in [6.07, 6.45) is 0.857. The van der Waals surface area contributed by atoms with Crippen LogP contribution in [0.2, 0.25) is 10.0 Å². The monoisotopic (exact) mass is 419 g/mol. The molecule has 5 nitrogen and oxygen atoms in total. The van der Waals surface area contributed by atoms with Crippen molar-refractivity contribution in [2.45, 2.75) is 25.9 Å². The summed E-state index contributed by atoms with van der Waals surface area (Å²) in [5.41, 5.74) is 3.06. The molecule has 28 heavy (non-hydrogen) atoms. The van der Waals surface area contributed by atoms with Crippen LogP contribution in [0.4, 0.5) is 5.69 Å². The second kappa shape index (κ2) is 8.95. The van der Waals surface area contributed by atoms with Gasteiger partial charge in [0.25, 0.3) is 0 Å². The smallest absolute Gasteiger partial charge is 0.239 e. The lowest BCUT2D eigenvalue weighted by atomic mass is 9.99. The summed E-state index contributed by atoms with van der Waals surface area (Å²) in [6, 6.07) is 12.7. The molecule has 0 fully saturated rings. The third-order valence-corrected chi connectivity index (χ3v) is 5.80. The predicted octanol–water partition coefficient (Wildman–Crippen LogP) is 3.84. The van der Waals surface area contributed by atoms with Crippen LogP contribution in [-0.4, -0.2) is 47.8 Å². The van der Waals surface area contributed by atoms with Crippen molar-refractivity contribution < 1.29 is 9.59 Å². The van der Waals surface area contributed by atoms with Crippen molar-refractivity contribution in [3.8, 4) is 0 Å². The molecular formula is C21H23Cl2N3O2. The second-order valence-corrected chi connectivity index (χ2v) is 7.86. The summed E-state index contributed by atoms with van der Waals surface area (Å²) in [5, 5.41) is 3.58. The van der Waals surface area contributed by atoms with Crippen LogP contribution in [0.5, 0.6) is 0 Å². The fourth-order valence-electron chi connectivity index (χ4n) is 3.27. The number of rotatable bonds is 5. The number of hydrogen-bond acceptors (Lipinski definition) is 3. The Kier molecular flexibility index (Phi) is 6.60. The van der Waals surface area contributed by atoms with Gasteiger partial charge in [0, 0.05) is 18.8 Å². The number of carbonyl (C=O) groups excluding carboxylic acids is 2. The number of carbonyl (C=O) groups is 2. The van der Waals surface area contributed by atoms with Crippen LogP contribution in [0.1, 0.15) is 18.1 Å². The average Bonchev–Trinajstić information content (AvgIpc) is 2.69. The maximum absolute atomic E-state index is 12.9. The van der Waals surface area contributed by atoms with Gasteiger partial charge in [0.2, 0.25) is 11.8 Å². The molecule has 1 atom stereocenters. The van der Waals surface area contributed by atoms with Crippen molar-refractivity contribution in [3.05, 3.63) is 63.6 Å². The zero-order valence-corrected chi connectivity index (χ0v) is 17.4. The minimum Gasteiger partial charge on any atom is -0.337 e. The molecule has 0 radical (unpaired) electrons. The fraction of sp³-hybridized carbons (Fsp3) is 0.333. The molecule has 0 aromatic heterocycles. The number of anilines is 1. The molecule has 1 aliphatic heterocycles. The van der Waals surface area contributed by atoms with Gasteiger partial charge >= 0.3 is 0 Å². The largest absolute Gasteiger partial charge is 0.337 e. The maximum atomic E-state index is 12.9. The van der Waals surface area contributed by atoms with Crippen LogP contribution in [-0.2, 0) is 22.6 Å². The first-order chi connectivity index (χ1) is 13.3. The lowest BCUT2D eigenvalue weighted by molar-refractivity contribution is -0.137. The lowest BCUT2D eigenvalue weighted by Crippen LogP contribution is -2.49. The molecule has 2 aromatic rings. The van der Waals surface area contributed by atoms with Crippen LogP contribution in [0, 0.1) is 0 Å². The van der Waals surface area contributed by atoms with Gasteiger partial charge < -0.3 is 10.2 Å². The quantitative estimate of drug-likeness (QED) is 0.800. The summed E-state index contributed by atoms with van der Waals surface area (Å²) in [7, 11) is 1.77. The van der Waals surface area contributed by atoms with E-state index in [1.807, 2.05) is 24.0 Å². The lowest BCUT2D eigenvalue weighted by Gasteiger charge is -2.33. The fourth-order valence-corrected chi connectivity index (χ4v) is 3.57. The highest BCUT2D eigenvalue weighted by Gasteiger charge is 2.27. The van der Waals surface area contributed by atoms with E-state index in [1.54, 1.807) is 30.1 Å². The first kappa shape index (κ1) is 20.6. The number of likely N-dealkylation sites (N-methyl/N-ethyl adjacent to an activating group) is 1. The van der Waals surface area contributed by atoms with Crippen molar-refractivity contribution >= 4 is 40.7 Å². The molecule has 1 N–H and O–H groups in total. The van der Waals surface area contributed by atoms with Gasteiger partial charge in [-0.1, -0.05) is 47.5 Å². The van der Waals surface area contributed by atoms with Crippen LogP contribution < -0.4 is 5.32 Å². The van der Waals surface area contributed by atoms with Crippen LogP contribution in [0.15, 0.2) is 42.5 Å². The van der Waals surface area contributed by atoms with Gasteiger partial charge in [-0.2, -0.15) is 0 Å². The molecule has 2 aromatic carbocycles. The van der Waals surface area contributed by atoms with E-state index in [4.69, 9.17) is 23.2 Å². The van der Waals surface area contributed by atoms with Crippen LogP contribution in [0.25, 0.3) is 0 Å². The Labute approximate surface area is 175 Å². The zero-order chi connectivity index (χ0) is 20.3. The van der Waals surface area contributed by atoms with Crippen LogP contribution >= 0.6 is 23.2 Å². The van der Waals surface area contributed by atoms with E-state index < -0.39 is 6.04 Å². The zero-order valence-electron chi connectivity index (χ0n) is 15.9. The van der Waals surface area contributed by atoms with E-state index in [1.165, 1.54) is 11.1 Å². The van der Waals surface area contributed by atoms with E-state index in [9.17, 15) is 9.59 Å². The molecule has 7 heteroatoms. The van der Waals surface area contributed by atoms with E-state index in [0.717, 1.165) is 6.42 Å². The van der Waals surface area contributed by atoms with Gasteiger partial charge in [0.15, 0.2) is 0 Å². The first-order valence-electron chi connectivity index (χ1n) is 9.16. The number of amides is 2. The number of hydrogen-bond donors (Lipinski definition) is 1. The Morgan fingerprint density at radius 1 is 1.14 bits per heavy atom. The Morgan fingerprint density at radius 3 is 2.57 bits per heavy atom. The highest BCUT2D eigenvalue weighted by atomic mass is 35.5. The molecule has 1 unspecified atom stereocenters. The minimum absolute atomic E-state index is 0.0272. The van der Waals surface area contributed by atoms with E-state index in [-0.39, 0.29) is 18.4 Å². The SMILES string of the molecule is CC(C(=O)N1CCc2ccccc2C1)N(C)CC(=O)Nc1ccc(Cl)c(Cl)c1. The van der Waals surface area contributed by atoms with E-state index >= 15 is 0 Å².